The van der Waals surface area contributed by atoms with Gasteiger partial charge in [-0.15, -0.1) is 0 Å². The van der Waals surface area contributed by atoms with E-state index in [9.17, 15) is 13.6 Å². The van der Waals surface area contributed by atoms with Crippen LogP contribution in [0.5, 0.6) is 5.75 Å². The van der Waals surface area contributed by atoms with Gasteiger partial charge in [0.15, 0.2) is 12.4 Å². The van der Waals surface area contributed by atoms with Gasteiger partial charge in [-0.2, -0.15) is 0 Å². The van der Waals surface area contributed by atoms with Crippen LogP contribution in [0.15, 0.2) is 36.4 Å². The Balaban J connectivity index is 2.01. The lowest BCUT2D eigenvalue weighted by Crippen LogP contribution is -2.21. The van der Waals surface area contributed by atoms with Crippen LogP contribution < -0.4 is 15.8 Å². The van der Waals surface area contributed by atoms with Crippen molar-refractivity contribution in [2.75, 3.05) is 17.7 Å². The molecule has 3 N–H and O–H groups in total. The molecule has 0 atom stereocenters. The lowest BCUT2D eigenvalue weighted by Gasteiger charge is -2.10. The Morgan fingerprint density at radius 3 is 2.76 bits per heavy atom. The van der Waals surface area contributed by atoms with E-state index >= 15 is 0 Å². The third-order valence-electron chi connectivity index (χ3n) is 2.78. The summed E-state index contributed by atoms with van der Waals surface area (Å²) in [4.78, 5) is 11.7. The minimum absolute atomic E-state index is 0.239. The van der Waals surface area contributed by atoms with Gasteiger partial charge in [0.1, 0.15) is 17.3 Å². The van der Waals surface area contributed by atoms with E-state index in [2.05, 4.69) is 5.32 Å². The Morgan fingerprint density at radius 1 is 1.29 bits per heavy atom. The first-order chi connectivity index (χ1) is 9.97. The van der Waals surface area contributed by atoms with Gasteiger partial charge in [0.2, 0.25) is 0 Å². The number of hydrogen-bond donors (Lipinski definition) is 2. The maximum atomic E-state index is 13.7. The highest BCUT2D eigenvalue weighted by atomic mass is 19.1. The zero-order valence-corrected chi connectivity index (χ0v) is 11.3. The molecule has 21 heavy (non-hydrogen) atoms. The van der Waals surface area contributed by atoms with E-state index in [4.69, 9.17) is 10.5 Å². The Morgan fingerprint density at radius 2 is 2.05 bits per heavy atom. The number of amides is 1. The first-order valence-corrected chi connectivity index (χ1v) is 6.20. The molecule has 6 heteroatoms. The highest BCUT2D eigenvalue weighted by Gasteiger charge is 2.14. The van der Waals surface area contributed by atoms with Crippen LogP contribution >= 0.6 is 0 Å². The molecule has 0 heterocycles. The maximum Gasteiger partial charge on any atom is 0.262 e. The third-order valence-corrected chi connectivity index (χ3v) is 2.78. The third kappa shape index (κ3) is 3.68. The van der Waals surface area contributed by atoms with Gasteiger partial charge in [-0.3, -0.25) is 4.79 Å². The number of ether oxygens (including phenoxy) is 1. The number of hydrogen-bond acceptors (Lipinski definition) is 3. The molecule has 0 aliphatic carbocycles. The van der Waals surface area contributed by atoms with Crippen LogP contribution in [0.2, 0.25) is 0 Å². The second-order valence-electron chi connectivity index (χ2n) is 4.46. The molecule has 0 saturated heterocycles. The van der Waals surface area contributed by atoms with Crippen LogP contribution in [0.4, 0.5) is 20.2 Å². The van der Waals surface area contributed by atoms with Gasteiger partial charge in [0.25, 0.3) is 5.91 Å². The maximum absolute atomic E-state index is 13.7. The molecule has 0 unspecified atom stereocenters. The van der Waals surface area contributed by atoms with Crippen LogP contribution in [0.25, 0.3) is 0 Å². The van der Waals surface area contributed by atoms with Crippen molar-refractivity contribution in [3.8, 4) is 5.75 Å². The molecule has 0 aromatic heterocycles. The lowest BCUT2D eigenvalue weighted by atomic mass is 10.2. The van der Waals surface area contributed by atoms with Crippen LogP contribution in [0.3, 0.4) is 0 Å². The summed E-state index contributed by atoms with van der Waals surface area (Å²) in [6.45, 7) is 1.10. The normalized spacial score (nSPS) is 10.2. The monoisotopic (exact) mass is 292 g/mol. The smallest absolute Gasteiger partial charge is 0.262 e. The van der Waals surface area contributed by atoms with E-state index in [-0.39, 0.29) is 12.2 Å². The Hall–Kier alpha value is -2.63. The minimum Gasteiger partial charge on any atom is -0.484 e. The summed E-state index contributed by atoms with van der Waals surface area (Å²) >= 11 is 0. The van der Waals surface area contributed by atoms with E-state index < -0.39 is 23.2 Å². The van der Waals surface area contributed by atoms with Gasteiger partial charge in [0, 0.05) is 11.8 Å². The SMILES string of the molecule is Cc1ccc(F)c(NC(=O)COc2cccc(N)c2)c1F. The summed E-state index contributed by atoms with van der Waals surface area (Å²) in [6, 6.07) is 8.89. The molecule has 0 radical (unpaired) electrons. The number of carbonyl (C=O) groups excluding carboxylic acids is 1. The Kier molecular flexibility index (Phi) is 4.37. The van der Waals surface area contributed by atoms with Crippen molar-refractivity contribution >= 4 is 17.3 Å². The lowest BCUT2D eigenvalue weighted by molar-refractivity contribution is -0.118. The highest BCUT2D eigenvalue weighted by molar-refractivity contribution is 5.92. The van der Waals surface area contributed by atoms with Gasteiger partial charge in [0.05, 0.1) is 0 Å². The van der Waals surface area contributed by atoms with E-state index in [1.54, 1.807) is 24.3 Å². The number of rotatable bonds is 4. The number of carbonyl (C=O) groups is 1. The topological polar surface area (TPSA) is 64.3 Å². The summed E-state index contributed by atoms with van der Waals surface area (Å²) in [5.41, 5.74) is 5.82. The van der Waals surface area contributed by atoms with E-state index in [0.29, 0.717) is 11.4 Å². The number of benzene rings is 2. The average Bonchev–Trinajstić information content (AvgIpc) is 2.46. The molecule has 1 amide bonds. The number of nitrogens with two attached hydrogens (primary N) is 1. The fraction of sp³-hybridized carbons (Fsp3) is 0.133. The molecule has 0 bridgehead atoms. The van der Waals surface area contributed by atoms with Crippen molar-refractivity contribution in [2.24, 2.45) is 0 Å². The second-order valence-corrected chi connectivity index (χ2v) is 4.46. The predicted molar refractivity (Wildman–Crippen MR) is 76.1 cm³/mol. The molecular weight excluding hydrogens is 278 g/mol. The summed E-state index contributed by atoms with van der Waals surface area (Å²) < 4.78 is 32.4. The fourth-order valence-corrected chi connectivity index (χ4v) is 1.70. The molecule has 0 spiro atoms. The molecule has 2 aromatic carbocycles. The largest absolute Gasteiger partial charge is 0.484 e. The fourth-order valence-electron chi connectivity index (χ4n) is 1.70. The molecule has 0 saturated carbocycles. The number of aryl methyl sites for hydroxylation is 1. The van der Waals surface area contributed by atoms with Crippen molar-refractivity contribution in [3.63, 3.8) is 0 Å². The van der Waals surface area contributed by atoms with E-state index in [1.165, 1.54) is 13.0 Å². The number of halogens is 2. The van der Waals surface area contributed by atoms with Gasteiger partial charge in [-0.1, -0.05) is 12.1 Å². The summed E-state index contributed by atoms with van der Waals surface area (Å²) in [5, 5.41) is 2.16. The second kappa shape index (κ2) is 6.21. The zero-order valence-electron chi connectivity index (χ0n) is 11.3. The Labute approximate surface area is 120 Å². The predicted octanol–water partition coefficient (Wildman–Crippen LogP) is 2.87. The van der Waals surface area contributed by atoms with Gasteiger partial charge in [-0.25, -0.2) is 8.78 Å². The zero-order chi connectivity index (χ0) is 15.4. The summed E-state index contributed by atoms with van der Waals surface area (Å²) in [5.74, 6) is -1.90. The molecule has 0 aliphatic rings. The molecular formula is C15H14F2N2O2. The van der Waals surface area contributed by atoms with Gasteiger partial charge >= 0.3 is 0 Å². The number of nitrogens with one attached hydrogen (secondary N) is 1. The van der Waals surface area contributed by atoms with Crippen molar-refractivity contribution in [2.45, 2.75) is 6.92 Å². The van der Waals surface area contributed by atoms with Crippen LogP contribution in [0.1, 0.15) is 5.56 Å². The van der Waals surface area contributed by atoms with Gasteiger partial charge in [-0.05, 0) is 30.7 Å². The number of nitrogen functional groups attached to an aromatic ring is 1. The summed E-state index contributed by atoms with van der Waals surface area (Å²) in [7, 11) is 0. The standard InChI is InChI=1S/C15H14F2N2O2/c1-9-5-6-12(16)15(14(9)17)19-13(20)8-21-11-4-2-3-10(18)7-11/h2-7H,8,18H2,1H3,(H,19,20). The van der Waals surface area contributed by atoms with Crippen molar-refractivity contribution in [1.82, 2.24) is 0 Å². The average molecular weight is 292 g/mol. The minimum atomic E-state index is -0.838. The first kappa shape index (κ1) is 14.8. The molecule has 2 rings (SSSR count). The molecule has 4 nitrogen and oxygen atoms in total. The first-order valence-electron chi connectivity index (χ1n) is 6.20. The van der Waals surface area contributed by atoms with Gasteiger partial charge < -0.3 is 15.8 Å². The van der Waals surface area contributed by atoms with E-state index in [0.717, 1.165) is 6.07 Å². The van der Waals surface area contributed by atoms with Crippen LogP contribution in [0, 0.1) is 18.6 Å². The van der Waals surface area contributed by atoms with E-state index in [1.807, 2.05) is 0 Å². The molecule has 2 aromatic rings. The highest BCUT2D eigenvalue weighted by Crippen LogP contribution is 2.21. The van der Waals surface area contributed by atoms with Crippen LogP contribution in [-0.4, -0.2) is 12.5 Å². The Bertz CT molecular complexity index is 675. The van der Waals surface area contributed by atoms with Crippen molar-refractivity contribution in [3.05, 3.63) is 53.6 Å². The molecule has 110 valence electrons. The molecule has 0 fully saturated rings. The van der Waals surface area contributed by atoms with Crippen LogP contribution in [-0.2, 0) is 4.79 Å². The quantitative estimate of drug-likeness (QED) is 0.852. The molecule has 0 aliphatic heterocycles. The van der Waals surface area contributed by atoms with Crippen molar-refractivity contribution in [1.29, 1.82) is 0 Å². The summed E-state index contributed by atoms with van der Waals surface area (Å²) in [6.07, 6.45) is 0. The van der Waals surface area contributed by atoms with Crippen molar-refractivity contribution < 1.29 is 18.3 Å². The number of anilines is 2.